The maximum absolute atomic E-state index is 12.2. The fourth-order valence-electron chi connectivity index (χ4n) is 2.78. The van der Waals surface area contributed by atoms with Crippen LogP contribution in [0.3, 0.4) is 0 Å². The molecule has 0 spiro atoms. The number of rotatable bonds is 4. The molecule has 3 rings (SSSR count). The Bertz CT molecular complexity index is 997. The van der Waals surface area contributed by atoms with Gasteiger partial charge >= 0.3 is 11.9 Å². The van der Waals surface area contributed by atoms with Crippen LogP contribution in [0.4, 0.5) is 0 Å². The van der Waals surface area contributed by atoms with E-state index in [1.54, 1.807) is 19.1 Å². The van der Waals surface area contributed by atoms with E-state index in [4.69, 9.17) is 9.47 Å². The van der Waals surface area contributed by atoms with Crippen molar-refractivity contribution in [1.29, 1.82) is 0 Å². The van der Waals surface area contributed by atoms with Crippen molar-refractivity contribution in [3.63, 3.8) is 0 Å². The lowest BCUT2D eigenvalue weighted by atomic mass is 10.0. The van der Waals surface area contributed by atoms with Gasteiger partial charge < -0.3 is 14.6 Å². The summed E-state index contributed by atoms with van der Waals surface area (Å²) in [7, 11) is 1.29. The molecule has 0 fully saturated rings. The number of hydrogen-bond acceptors (Lipinski definition) is 6. The van der Waals surface area contributed by atoms with Crippen molar-refractivity contribution in [3.8, 4) is 5.75 Å². The molecule has 0 radical (unpaired) electrons. The average Bonchev–Trinajstić information content (AvgIpc) is 2.66. The lowest BCUT2D eigenvalue weighted by Gasteiger charge is -2.13. The van der Waals surface area contributed by atoms with E-state index in [9.17, 15) is 14.7 Å². The minimum Gasteiger partial charge on any atom is -0.507 e. The largest absolute Gasteiger partial charge is 0.507 e. The standard InChI is InChI=1S/C20H17NO5/c1-12-13-7-3-5-9-15(13)21-16(18(12)20(24)25-2)11-26-19(23)14-8-4-6-10-17(14)22/h3-10,22H,11H2,1-2H3. The Kier molecular flexibility index (Phi) is 4.84. The molecule has 0 unspecified atom stereocenters. The number of aryl methyl sites for hydroxylation is 1. The fourth-order valence-corrected chi connectivity index (χ4v) is 2.78. The number of methoxy groups -OCH3 is 1. The molecule has 0 aliphatic carbocycles. The zero-order valence-corrected chi connectivity index (χ0v) is 14.4. The van der Waals surface area contributed by atoms with Crippen molar-refractivity contribution >= 4 is 22.8 Å². The van der Waals surface area contributed by atoms with E-state index in [0.29, 0.717) is 16.8 Å². The van der Waals surface area contributed by atoms with Crippen LogP contribution < -0.4 is 0 Å². The number of esters is 2. The summed E-state index contributed by atoms with van der Waals surface area (Å²) in [6, 6.07) is 13.5. The molecule has 0 amide bonds. The van der Waals surface area contributed by atoms with E-state index in [1.165, 1.54) is 19.2 Å². The molecule has 6 nitrogen and oxygen atoms in total. The lowest BCUT2D eigenvalue weighted by Crippen LogP contribution is -2.14. The summed E-state index contributed by atoms with van der Waals surface area (Å²) in [5.41, 5.74) is 2.01. The Morgan fingerprint density at radius 2 is 1.73 bits per heavy atom. The van der Waals surface area contributed by atoms with E-state index in [0.717, 1.165) is 5.39 Å². The molecule has 1 heterocycles. The molecule has 0 atom stereocenters. The van der Waals surface area contributed by atoms with E-state index in [1.807, 2.05) is 24.3 Å². The van der Waals surface area contributed by atoms with Gasteiger partial charge in [0.25, 0.3) is 0 Å². The summed E-state index contributed by atoms with van der Waals surface area (Å²) in [5.74, 6) is -1.42. The Balaban J connectivity index is 1.97. The SMILES string of the molecule is COC(=O)c1c(COC(=O)c2ccccc2O)nc2ccccc2c1C. The molecule has 132 valence electrons. The highest BCUT2D eigenvalue weighted by Crippen LogP contribution is 2.25. The van der Waals surface area contributed by atoms with E-state index < -0.39 is 11.9 Å². The van der Waals surface area contributed by atoms with Gasteiger partial charge in [0.05, 0.1) is 23.9 Å². The van der Waals surface area contributed by atoms with Crippen LogP contribution in [0, 0.1) is 6.92 Å². The zero-order valence-electron chi connectivity index (χ0n) is 14.4. The first-order valence-electron chi connectivity index (χ1n) is 7.94. The van der Waals surface area contributed by atoms with Gasteiger partial charge in [-0.2, -0.15) is 0 Å². The summed E-state index contributed by atoms with van der Waals surface area (Å²) >= 11 is 0. The van der Waals surface area contributed by atoms with Gasteiger partial charge in [-0.15, -0.1) is 0 Å². The highest BCUT2D eigenvalue weighted by Gasteiger charge is 2.21. The van der Waals surface area contributed by atoms with Gasteiger partial charge in [-0.25, -0.2) is 14.6 Å². The number of aromatic nitrogens is 1. The van der Waals surface area contributed by atoms with Crippen LogP contribution in [0.15, 0.2) is 48.5 Å². The smallest absolute Gasteiger partial charge is 0.342 e. The van der Waals surface area contributed by atoms with Gasteiger partial charge in [0.2, 0.25) is 0 Å². The summed E-state index contributed by atoms with van der Waals surface area (Å²) in [6.07, 6.45) is 0. The van der Waals surface area contributed by atoms with Crippen LogP contribution in [-0.2, 0) is 16.1 Å². The number of ether oxygens (including phenoxy) is 2. The maximum Gasteiger partial charge on any atom is 0.342 e. The van der Waals surface area contributed by atoms with E-state index >= 15 is 0 Å². The molecule has 2 aromatic carbocycles. The van der Waals surface area contributed by atoms with Crippen LogP contribution in [-0.4, -0.2) is 29.1 Å². The summed E-state index contributed by atoms with van der Waals surface area (Å²) < 4.78 is 10.1. The molecule has 0 aliphatic heterocycles. The maximum atomic E-state index is 12.2. The highest BCUT2D eigenvalue weighted by molar-refractivity contribution is 5.98. The van der Waals surface area contributed by atoms with Crippen molar-refractivity contribution < 1.29 is 24.2 Å². The molecule has 1 aromatic heterocycles. The Morgan fingerprint density at radius 1 is 1.04 bits per heavy atom. The predicted molar refractivity (Wildman–Crippen MR) is 95.0 cm³/mol. The number of carbonyl (C=O) groups is 2. The number of phenolic OH excluding ortho intramolecular Hbond substituents is 1. The molecular formula is C20H17NO5. The Hall–Kier alpha value is -3.41. The van der Waals surface area contributed by atoms with Crippen molar-refractivity contribution in [1.82, 2.24) is 4.98 Å². The second-order valence-corrected chi connectivity index (χ2v) is 5.66. The number of carbonyl (C=O) groups excluding carboxylic acids is 2. The third kappa shape index (κ3) is 3.21. The van der Waals surface area contributed by atoms with Crippen LogP contribution in [0.1, 0.15) is 32.0 Å². The number of hydrogen-bond donors (Lipinski definition) is 1. The van der Waals surface area contributed by atoms with Crippen molar-refractivity contribution in [3.05, 3.63) is 70.9 Å². The van der Waals surface area contributed by atoms with E-state index in [-0.39, 0.29) is 23.5 Å². The second-order valence-electron chi connectivity index (χ2n) is 5.66. The molecule has 26 heavy (non-hydrogen) atoms. The van der Waals surface area contributed by atoms with Crippen molar-refractivity contribution in [2.24, 2.45) is 0 Å². The van der Waals surface area contributed by atoms with Gasteiger partial charge in [-0.1, -0.05) is 30.3 Å². The Morgan fingerprint density at radius 3 is 2.46 bits per heavy atom. The summed E-state index contributed by atoms with van der Waals surface area (Å²) in [5, 5.41) is 10.6. The number of phenols is 1. The average molecular weight is 351 g/mol. The molecule has 0 bridgehead atoms. The molecule has 0 saturated heterocycles. The van der Waals surface area contributed by atoms with Crippen LogP contribution in [0.5, 0.6) is 5.75 Å². The minimum atomic E-state index is -0.702. The lowest BCUT2D eigenvalue weighted by molar-refractivity contribution is 0.0452. The topological polar surface area (TPSA) is 85.7 Å². The summed E-state index contributed by atoms with van der Waals surface area (Å²) in [6.45, 7) is 1.58. The third-order valence-corrected chi connectivity index (χ3v) is 4.08. The number of nitrogens with zero attached hydrogens (tertiary/aromatic N) is 1. The van der Waals surface area contributed by atoms with Gasteiger partial charge in [0.1, 0.15) is 17.9 Å². The van der Waals surface area contributed by atoms with Gasteiger partial charge in [-0.05, 0) is 30.7 Å². The highest BCUT2D eigenvalue weighted by atomic mass is 16.5. The normalized spacial score (nSPS) is 10.5. The second kappa shape index (κ2) is 7.23. The number of fused-ring (bicyclic) bond motifs is 1. The van der Waals surface area contributed by atoms with Gasteiger partial charge in [-0.3, -0.25) is 0 Å². The first-order valence-corrected chi connectivity index (χ1v) is 7.94. The molecule has 3 aromatic rings. The number of pyridine rings is 1. The quantitative estimate of drug-likeness (QED) is 0.725. The first kappa shape index (κ1) is 17.4. The molecule has 6 heteroatoms. The summed E-state index contributed by atoms with van der Waals surface area (Å²) in [4.78, 5) is 28.9. The predicted octanol–water partition coefficient (Wildman–Crippen LogP) is 3.39. The fraction of sp³-hybridized carbons (Fsp3) is 0.150. The molecular weight excluding hydrogens is 334 g/mol. The van der Waals surface area contributed by atoms with Crippen molar-refractivity contribution in [2.75, 3.05) is 7.11 Å². The van der Waals surface area contributed by atoms with Crippen molar-refractivity contribution in [2.45, 2.75) is 13.5 Å². The van der Waals surface area contributed by atoms with Crippen LogP contribution in [0.25, 0.3) is 10.9 Å². The minimum absolute atomic E-state index is 0.0460. The Labute approximate surface area is 150 Å². The van der Waals surface area contributed by atoms with Crippen LogP contribution >= 0.6 is 0 Å². The first-order chi connectivity index (χ1) is 12.5. The van der Waals surface area contributed by atoms with Crippen LogP contribution in [0.2, 0.25) is 0 Å². The van der Waals surface area contributed by atoms with Gasteiger partial charge in [0.15, 0.2) is 0 Å². The van der Waals surface area contributed by atoms with Gasteiger partial charge in [0, 0.05) is 5.39 Å². The molecule has 0 aliphatic rings. The zero-order chi connectivity index (χ0) is 18.7. The number of para-hydroxylation sites is 2. The molecule has 1 N–H and O–H groups in total. The monoisotopic (exact) mass is 351 g/mol. The number of benzene rings is 2. The third-order valence-electron chi connectivity index (χ3n) is 4.08. The molecule has 0 saturated carbocycles. The number of aromatic hydroxyl groups is 1. The van der Waals surface area contributed by atoms with E-state index in [2.05, 4.69) is 4.98 Å².